The summed E-state index contributed by atoms with van der Waals surface area (Å²) in [5, 5.41) is 1.24. The number of nitrogens with zero attached hydrogens (tertiary/aromatic N) is 1. The highest BCUT2D eigenvalue weighted by molar-refractivity contribution is 6.43. The summed E-state index contributed by atoms with van der Waals surface area (Å²) in [7, 11) is 0. The minimum atomic E-state index is 0.605. The third kappa shape index (κ3) is 1.80. The molecule has 17 heavy (non-hydrogen) atoms. The summed E-state index contributed by atoms with van der Waals surface area (Å²) < 4.78 is 0. The zero-order chi connectivity index (χ0) is 11.8. The molecule has 0 spiro atoms. The van der Waals surface area contributed by atoms with Crippen LogP contribution in [0.2, 0.25) is 10.0 Å². The van der Waals surface area contributed by atoms with Gasteiger partial charge in [0.1, 0.15) is 0 Å². The average Bonchev–Trinajstić information content (AvgIpc) is 2.77. The van der Waals surface area contributed by atoms with Gasteiger partial charge in [-0.3, -0.25) is 0 Å². The largest absolute Gasteiger partial charge is 0.340 e. The lowest BCUT2D eigenvalue weighted by Crippen LogP contribution is -2.13. The van der Waals surface area contributed by atoms with Crippen LogP contribution in [0.15, 0.2) is 42.5 Å². The Bertz CT molecular complexity index is 566. The lowest BCUT2D eigenvalue weighted by atomic mass is 10.2. The van der Waals surface area contributed by atoms with Crippen LogP contribution in [0.1, 0.15) is 5.56 Å². The van der Waals surface area contributed by atoms with Gasteiger partial charge < -0.3 is 4.90 Å². The number of para-hydroxylation sites is 1. The molecular weight excluding hydrogens is 253 g/mol. The van der Waals surface area contributed by atoms with Gasteiger partial charge in [-0.05, 0) is 30.2 Å². The van der Waals surface area contributed by atoms with E-state index in [2.05, 4.69) is 29.2 Å². The highest BCUT2D eigenvalue weighted by Gasteiger charge is 2.21. The Labute approximate surface area is 111 Å². The molecule has 0 radical (unpaired) electrons. The summed E-state index contributed by atoms with van der Waals surface area (Å²) >= 11 is 12.3. The molecule has 0 atom stereocenters. The third-order valence-electron chi connectivity index (χ3n) is 3.11. The van der Waals surface area contributed by atoms with E-state index in [1.54, 1.807) is 0 Å². The Hall–Kier alpha value is -1.18. The molecule has 1 aliphatic rings. The number of anilines is 2. The van der Waals surface area contributed by atoms with E-state index >= 15 is 0 Å². The van der Waals surface area contributed by atoms with Crippen LogP contribution in [0.25, 0.3) is 0 Å². The molecule has 86 valence electrons. The van der Waals surface area contributed by atoms with Gasteiger partial charge in [-0.15, -0.1) is 0 Å². The maximum Gasteiger partial charge on any atom is 0.0829 e. The van der Waals surface area contributed by atoms with Gasteiger partial charge in [0.2, 0.25) is 0 Å². The van der Waals surface area contributed by atoms with Crippen molar-refractivity contribution in [2.75, 3.05) is 11.4 Å². The van der Waals surface area contributed by atoms with Crippen LogP contribution in [-0.2, 0) is 6.42 Å². The fraction of sp³-hybridized carbons (Fsp3) is 0.143. The van der Waals surface area contributed by atoms with Crippen LogP contribution in [0.3, 0.4) is 0 Å². The molecule has 0 amide bonds. The summed E-state index contributed by atoms with van der Waals surface area (Å²) in [5.74, 6) is 0. The van der Waals surface area contributed by atoms with Gasteiger partial charge in [-0.2, -0.15) is 0 Å². The molecule has 2 aromatic rings. The first kappa shape index (κ1) is 10.9. The van der Waals surface area contributed by atoms with Crippen molar-refractivity contribution in [1.82, 2.24) is 0 Å². The lowest BCUT2D eigenvalue weighted by Gasteiger charge is -2.21. The minimum absolute atomic E-state index is 0.605. The predicted molar refractivity (Wildman–Crippen MR) is 73.6 cm³/mol. The Morgan fingerprint density at radius 2 is 1.65 bits per heavy atom. The highest BCUT2D eigenvalue weighted by atomic mass is 35.5. The molecule has 0 N–H and O–H groups in total. The first-order chi connectivity index (χ1) is 8.27. The van der Waals surface area contributed by atoms with Gasteiger partial charge in [0.05, 0.1) is 15.7 Å². The molecular formula is C14H11Cl2N. The SMILES string of the molecule is Clc1cccc(N2CCc3ccccc32)c1Cl. The van der Waals surface area contributed by atoms with Crippen molar-refractivity contribution >= 4 is 34.6 Å². The number of benzene rings is 2. The maximum absolute atomic E-state index is 6.27. The zero-order valence-corrected chi connectivity index (χ0v) is 10.7. The summed E-state index contributed by atoms with van der Waals surface area (Å²) in [6.45, 7) is 0.958. The van der Waals surface area contributed by atoms with Gasteiger partial charge in [-0.1, -0.05) is 47.5 Å². The molecule has 0 unspecified atom stereocenters. The van der Waals surface area contributed by atoms with Crippen molar-refractivity contribution in [3.8, 4) is 0 Å². The van der Waals surface area contributed by atoms with Crippen molar-refractivity contribution in [3.63, 3.8) is 0 Å². The molecule has 0 fully saturated rings. The van der Waals surface area contributed by atoms with Crippen molar-refractivity contribution in [2.24, 2.45) is 0 Å². The molecule has 0 bridgehead atoms. The van der Waals surface area contributed by atoms with E-state index in [0.717, 1.165) is 18.7 Å². The van der Waals surface area contributed by atoms with E-state index in [4.69, 9.17) is 23.2 Å². The van der Waals surface area contributed by atoms with E-state index in [0.29, 0.717) is 10.0 Å². The van der Waals surface area contributed by atoms with Crippen molar-refractivity contribution in [2.45, 2.75) is 6.42 Å². The van der Waals surface area contributed by atoms with Crippen LogP contribution in [0.4, 0.5) is 11.4 Å². The van der Waals surface area contributed by atoms with Crippen LogP contribution in [-0.4, -0.2) is 6.54 Å². The first-order valence-electron chi connectivity index (χ1n) is 5.57. The van der Waals surface area contributed by atoms with E-state index in [-0.39, 0.29) is 0 Å². The van der Waals surface area contributed by atoms with Gasteiger partial charge in [-0.25, -0.2) is 0 Å². The van der Waals surface area contributed by atoms with Gasteiger partial charge in [0.25, 0.3) is 0 Å². The maximum atomic E-state index is 6.27. The summed E-state index contributed by atoms with van der Waals surface area (Å²) in [5.41, 5.74) is 3.59. The van der Waals surface area contributed by atoms with Crippen molar-refractivity contribution in [3.05, 3.63) is 58.1 Å². The number of rotatable bonds is 1. The fourth-order valence-corrected chi connectivity index (χ4v) is 2.69. The number of hydrogen-bond acceptors (Lipinski definition) is 1. The third-order valence-corrected chi connectivity index (χ3v) is 3.92. The molecule has 1 aliphatic heterocycles. The van der Waals surface area contributed by atoms with E-state index in [1.807, 2.05) is 18.2 Å². The molecule has 0 saturated carbocycles. The van der Waals surface area contributed by atoms with Crippen molar-refractivity contribution < 1.29 is 0 Å². The summed E-state index contributed by atoms with van der Waals surface area (Å²) in [6.07, 6.45) is 1.05. The number of hydrogen-bond donors (Lipinski definition) is 0. The minimum Gasteiger partial charge on any atom is -0.340 e. The second kappa shape index (κ2) is 4.25. The molecule has 0 aromatic heterocycles. The van der Waals surface area contributed by atoms with Crippen molar-refractivity contribution in [1.29, 1.82) is 0 Å². The van der Waals surface area contributed by atoms with Crippen LogP contribution in [0.5, 0.6) is 0 Å². The van der Waals surface area contributed by atoms with E-state index in [1.165, 1.54) is 11.3 Å². The highest BCUT2D eigenvalue weighted by Crippen LogP contribution is 2.40. The fourth-order valence-electron chi connectivity index (χ4n) is 2.29. The summed E-state index contributed by atoms with van der Waals surface area (Å²) in [4.78, 5) is 2.23. The van der Waals surface area contributed by atoms with Gasteiger partial charge in [0.15, 0.2) is 0 Å². The lowest BCUT2D eigenvalue weighted by molar-refractivity contribution is 0.998. The summed E-state index contributed by atoms with van der Waals surface area (Å²) in [6, 6.07) is 14.2. The topological polar surface area (TPSA) is 3.24 Å². The molecule has 0 saturated heterocycles. The predicted octanol–water partition coefficient (Wildman–Crippen LogP) is 4.69. The Morgan fingerprint density at radius 1 is 0.882 bits per heavy atom. The molecule has 0 aliphatic carbocycles. The quantitative estimate of drug-likeness (QED) is 0.722. The number of fused-ring (bicyclic) bond motifs is 1. The van der Waals surface area contributed by atoms with Crippen LogP contribution >= 0.6 is 23.2 Å². The van der Waals surface area contributed by atoms with Crippen LogP contribution < -0.4 is 4.90 Å². The normalized spacial score (nSPS) is 13.9. The Morgan fingerprint density at radius 3 is 2.53 bits per heavy atom. The molecule has 3 rings (SSSR count). The standard InChI is InChI=1S/C14H11Cl2N/c15-11-5-3-7-13(14(11)16)17-9-8-10-4-1-2-6-12(10)17/h1-7H,8-9H2. The second-order valence-corrected chi connectivity index (χ2v) is 4.89. The molecule has 3 heteroatoms. The van der Waals surface area contributed by atoms with E-state index < -0.39 is 0 Å². The monoisotopic (exact) mass is 263 g/mol. The smallest absolute Gasteiger partial charge is 0.0829 e. The van der Waals surface area contributed by atoms with E-state index in [9.17, 15) is 0 Å². The zero-order valence-electron chi connectivity index (χ0n) is 9.16. The first-order valence-corrected chi connectivity index (χ1v) is 6.32. The Balaban J connectivity index is 2.10. The van der Waals surface area contributed by atoms with Crippen LogP contribution in [0, 0.1) is 0 Å². The second-order valence-electron chi connectivity index (χ2n) is 4.10. The number of halogens is 2. The molecule has 1 nitrogen and oxygen atoms in total. The molecule has 2 aromatic carbocycles. The average molecular weight is 264 g/mol. The Kier molecular flexibility index (Phi) is 2.73. The molecule has 1 heterocycles. The van der Waals surface area contributed by atoms with Gasteiger partial charge >= 0.3 is 0 Å². The van der Waals surface area contributed by atoms with Gasteiger partial charge in [0, 0.05) is 12.2 Å².